The second-order valence-corrected chi connectivity index (χ2v) is 5.80. The highest BCUT2D eigenvalue weighted by Crippen LogP contribution is 2.22. The Labute approximate surface area is 143 Å². The van der Waals surface area contributed by atoms with Crippen LogP contribution < -0.4 is 10.5 Å². The lowest BCUT2D eigenvalue weighted by atomic mass is 10.1. The van der Waals surface area contributed by atoms with Gasteiger partial charge in [-0.3, -0.25) is 10.7 Å². The highest BCUT2D eigenvalue weighted by molar-refractivity contribution is 5.63. The van der Waals surface area contributed by atoms with Crippen LogP contribution in [0.2, 0.25) is 0 Å². The van der Waals surface area contributed by atoms with Gasteiger partial charge in [-0.05, 0) is 54.2 Å². The SMILES string of the molecule is NC(CCCc1cccnc1)Oc1ccc(-c2ccccc2)cc1. The number of benzene rings is 2. The first-order valence-corrected chi connectivity index (χ1v) is 8.28. The van der Waals surface area contributed by atoms with Gasteiger partial charge in [0.2, 0.25) is 0 Å². The molecule has 2 aromatic carbocycles. The van der Waals surface area contributed by atoms with E-state index in [1.807, 2.05) is 42.6 Å². The molecule has 1 unspecified atom stereocenters. The molecule has 3 nitrogen and oxygen atoms in total. The summed E-state index contributed by atoms with van der Waals surface area (Å²) in [6.07, 6.45) is 6.16. The number of nitrogens with two attached hydrogens (primary N) is 1. The predicted molar refractivity (Wildman–Crippen MR) is 97.7 cm³/mol. The molecule has 0 radical (unpaired) electrons. The Morgan fingerprint density at radius 1 is 0.875 bits per heavy atom. The zero-order valence-corrected chi connectivity index (χ0v) is 13.6. The number of ether oxygens (including phenoxy) is 1. The molecule has 0 bridgehead atoms. The molecule has 0 amide bonds. The van der Waals surface area contributed by atoms with Crippen LogP contribution in [-0.2, 0) is 6.42 Å². The van der Waals surface area contributed by atoms with Crippen molar-refractivity contribution in [2.45, 2.75) is 25.5 Å². The average molecular weight is 318 g/mol. The lowest BCUT2D eigenvalue weighted by molar-refractivity contribution is 0.196. The van der Waals surface area contributed by atoms with Crippen molar-refractivity contribution in [3.63, 3.8) is 0 Å². The fourth-order valence-electron chi connectivity index (χ4n) is 2.64. The van der Waals surface area contributed by atoms with Crippen LogP contribution in [0.1, 0.15) is 18.4 Å². The maximum absolute atomic E-state index is 6.08. The molecule has 1 aromatic heterocycles. The Hall–Kier alpha value is -2.65. The van der Waals surface area contributed by atoms with Gasteiger partial charge in [0.15, 0.2) is 0 Å². The number of aryl methyl sites for hydroxylation is 1. The molecule has 3 heteroatoms. The van der Waals surface area contributed by atoms with Gasteiger partial charge in [-0.25, -0.2) is 0 Å². The van der Waals surface area contributed by atoms with Crippen LogP contribution in [0.3, 0.4) is 0 Å². The molecule has 3 rings (SSSR count). The lowest BCUT2D eigenvalue weighted by Crippen LogP contribution is -2.27. The smallest absolute Gasteiger partial charge is 0.147 e. The second kappa shape index (κ2) is 8.27. The van der Waals surface area contributed by atoms with Gasteiger partial charge in [-0.2, -0.15) is 0 Å². The molecule has 24 heavy (non-hydrogen) atoms. The number of hydrogen-bond donors (Lipinski definition) is 1. The van der Waals surface area contributed by atoms with Crippen LogP contribution in [0.15, 0.2) is 79.1 Å². The van der Waals surface area contributed by atoms with Crippen molar-refractivity contribution in [3.05, 3.63) is 84.7 Å². The van der Waals surface area contributed by atoms with Gasteiger partial charge in [-0.1, -0.05) is 48.5 Å². The summed E-state index contributed by atoms with van der Waals surface area (Å²) in [4.78, 5) is 4.12. The quantitative estimate of drug-likeness (QED) is 0.655. The van der Waals surface area contributed by atoms with Gasteiger partial charge in [0.1, 0.15) is 12.0 Å². The number of nitrogens with zero attached hydrogens (tertiary/aromatic N) is 1. The molecule has 122 valence electrons. The van der Waals surface area contributed by atoms with Gasteiger partial charge in [-0.15, -0.1) is 0 Å². The van der Waals surface area contributed by atoms with Crippen LogP contribution in [0.4, 0.5) is 0 Å². The van der Waals surface area contributed by atoms with E-state index in [-0.39, 0.29) is 6.23 Å². The average Bonchev–Trinajstić information content (AvgIpc) is 2.64. The topological polar surface area (TPSA) is 48.1 Å². The molecule has 0 saturated heterocycles. The fourth-order valence-corrected chi connectivity index (χ4v) is 2.64. The van der Waals surface area contributed by atoms with E-state index in [1.54, 1.807) is 6.20 Å². The number of pyridine rings is 1. The van der Waals surface area contributed by atoms with E-state index in [4.69, 9.17) is 10.5 Å². The monoisotopic (exact) mass is 318 g/mol. The third-order valence-corrected chi connectivity index (χ3v) is 3.93. The minimum atomic E-state index is -0.288. The number of aromatic nitrogens is 1. The van der Waals surface area contributed by atoms with Crippen molar-refractivity contribution in [2.75, 3.05) is 0 Å². The Balaban J connectivity index is 1.48. The molecular formula is C21H22N2O. The van der Waals surface area contributed by atoms with Crippen molar-refractivity contribution in [1.82, 2.24) is 4.98 Å². The second-order valence-electron chi connectivity index (χ2n) is 5.80. The maximum Gasteiger partial charge on any atom is 0.147 e. The summed E-state index contributed by atoms with van der Waals surface area (Å²) in [7, 11) is 0. The molecule has 0 aliphatic heterocycles. The van der Waals surface area contributed by atoms with E-state index < -0.39 is 0 Å². The highest BCUT2D eigenvalue weighted by atomic mass is 16.5. The summed E-state index contributed by atoms with van der Waals surface area (Å²) < 4.78 is 5.81. The first-order valence-electron chi connectivity index (χ1n) is 8.28. The van der Waals surface area contributed by atoms with E-state index in [0.29, 0.717) is 0 Å². The van der Waals surface area contributed by atoms with Crippen molar-refractivity contribution < 1.29 is 4.74 Å². The Morgan fingerprint density at radius 2 is 1.62 bits per heavy atom. The number of hydrogen-bond acceptors (Lipinski definition) is 3. The lowest BCUT2D eigenvalue weighted by Gasteiger charge is -2.15. The zero-order chi connectivity index (χ0) is 16.6. The Kier molecular flexibility index (Phi) is 5.59. The van der Waals surface area contributed by atoms with Gasteiger partial charge in [0, 0.05) is 12.4 Å². The van der Waals surface area contributed by atoms with Gasteiger partial charge >= 0.3 is 0 Å². The zero-order valence-electron chi connectivity index (χ0n) is 13.6. The third kappa shape index (κ3) is 4.67. The largest absolute Gasteiger partial charge is 0.476 e. The summed E-state index contributed by atoms with van der Waals surface area (Å²) in [5.41, 5.74) is 9.69. The van der Waals surface area contributed by atoms with E-state index in [0.717, 1.165) is 25.0 Å². The van der Waals surface area contributed by atoms with Crippen LogP contribution in [-0.4, -0.2) is 11.2 Å². The summed E-state index contributed by atoms with van der Waals surface area (Å²) in [5, 5.41) is 0. The fraction of sp³-hybridized carbons (Fsp3) is 0.190. The van der Waals surface area contributed by atoms with Crippen molar-refractivity contribution in [3.8, 4) is 16.9 Å². The summed E-state index contributed by atoms with van der Waals surface area (Å²) in [5.74, 6) is 0.809. The van der Waals surface area contributed by atoms with Crippen LogP contribution in [0.25, 0.3) is 11.1 Å². The maximum atomic E-state index is 6.08. The first-order chi connectivity index (χ1) is 11.8. The molecule has 1 heterocycles. The van der Waals surface area contributed by atoms with E-state index in [1.165, 1.54) is 16.7 Å². The van der Waals surface area contributed by atoms with Gasteiger partial charge in [0.25, 0.3) is 0 Å². The van der Waals surface area contributed by atoms with Crippen molar-refractivity contribution in [1.29, 1.82) is 0 Å². The van der Waals surface area contributed by atoms with Crippen LogP contribution in [0.5, 0.6) is 5.75 Å². The van der Waals surface area contributed by atoms with E-state index >= 15 is 0 Å². The minimum Gasteiger partial charge on any atom is -0.476 e. The van der Waals surface area contributed by atoms with E-state index in [9.17, 15) is 0 Å². The molecule has 2 N–H and O–H groups in total. The molecule has 1 atom stereocenters. The molecular weight excluding hydrogens is 296 g/mol. The first kappa shape index (κ1) is 16.2. The summed E-state index contributed by atoms with van der Waals surface area (Å²) >= 11 is 0. The van der Waals surface area contributed by atoms with Crippen molar-refractivity contribution >= 4 is 0 Å². The molecule has 3 aromatic rings. The normalized spacial score (nSPS) is 11.9. The third-order valence-electron chi connectivity index (χ3n) is 3.93. The highest BCUT2D eigenvalue weighted by Gasteiger charge is 2.05. The predicted octanol–water partition coefficient (Wildman–Crippen LogP) is 4.44. The Morgan fingerprint density at radius 3 is 2.33 bits per heavy atom. The van der Waals surface area contributed by atoms with Gasteiger partial charge in [0.05, 0.1) is 0 Å². The van der Waals surface area contributed by atoms with E-state index in [2.05, 4.69) is 35.3 Å². The molecule has 0 aliphatic carbocycles. The number of rotatable bonds is 7. The standard InChI is InChI=1S/C21H22N2O/c22-21(10-4-6-17-7-5-15-23-16-17)24-20-13-11-19(12-14-20)18-8-2-1-3-9-18/h1-3,5,7-9,11-16,21H,4,6,10,22H2. The van der Waals surface area contributed by atoms with Gasteiger partial charge < -0.3 is 4.74 Å². The summed E-state index contributed by atoms with van der Waals surface area (Å²) in [6.45, 7) is 0. The minimum absolute atomic E-state index is 0.288. The molecule has 0 fully saturated rings. The van der Waals surface area contributed by atoms with Crippen LogP contribution >= 0.6 is 0 Å². The Bertz CT molecular complexity index is 727. The summed E-state index contributed by atoms with van der Waals surface area (Å²) in [6, 6.07) is 22.4. The molecule has 0 aliphatic rings. The van der Waals surface area contributed by atoms with Crippen molar-refractivity contribution in [2.24, 2.45) is 5.73 Å². The van der Waals surface area contributed by atoms with Crippen LogP contribution in [0, 0.1) is 0 Å². The molecule has 0 spiro atoms. The molecule has 0 saturated carbocycles.